The number of nitrogens with zero attached hydrogens (tertiary/aromatic N) is 4. The third kappa shape index (κ3) is 4.12. The molecule has 174 valence electrons. The number of anilines is 2. The Morgan fingerprint density at radius 3 is 2.67 bits per heavy atom. The van der Waals surface area contributed by atoms with E-state index < -0.39 is 29.2 Å². The zero-order valence-corrected chi connectivity index (χ0v) is 18.7. The molecule has 1 aliphatic carbocycles. The van der Waals surface area contributed by atoms with Gasteiger partial charge in [-0.05, 0) is 55.9 Å². The lowest BCUT2D eigenvalue weighted by Gasteiger charge is -2.32. The zero-order valence-electron chi connectivity index (χ0n) is 18.0. The average molecular weight is 481 g/mol. The highest BCUT2D eigenvalue weighted by Gasteiger charge is 2.50. The molecule has 33 heavy (non-hydrogen) atoms. The van der Waals surface area contributed by atoms with Gasteiger partial charge >= 0.3 is 6.18 Å². The first-order valence-corrected chi connectivity index (χ1v) is 10.9. The third-order valence-corrected chi connectivity index (χ3v) is 6.87. The Balaban J connectivity index is 1.79. The van der Waals surface area contributed by atoms with E-state index in [2.05, 4.69) is 4.98 Å². The Kier molecular flexibility index (Phi) is 5.99. The minimum Gasteiger partial charge on any atom is -0.343 e. The molecule has 0 N–H and O–H groups in total. The fraction of sp³-hybridized carbons (Fsp3) is 0.435. The van der Waals surface area contributed by atoms with Gasteiger partial charge in [-0.1, -0.05) is 18.0 Å². The van der Waals surface area contributed by atoms with Crippen LogP contribution in [0.4, 0.5) is 29.1 Å². The molecule has 0 radical (unpaired) electrons. The van der Waals surface area contributed by atoms with E-state index in [0.717, 1.165) is 31.4 Å². The molecule has 1 amide bonds. The largest absolute Gasteiger partial charge is 0.417 e. The van der Waals surface area contributed by atoms with Crippen molar-refractivity contribution >= 4 is 29.0 Å². The summed E-state index contributed by atoms with van der Waals surface area (Å²) in [6.45, 7) is 1.77. The minimum absolute atomic E-state index is 0.0842. The molecule has 2 aliphatic rings. The molecule has 0 bridgehead atoms. The third-order valence-electron chi connectivity index (χ3n) is 6.58. The number of rotatable bonds is 3. The van der Waals surface area contributed by atoms with Gasteiger partial charge in [-0.2, -0.15) is 18.4 Å². The van der Waals surface area contributed by atoms with Crippen LogP contribution in [0.15, 0.2) is 24.3 Å². The topological polar surface area (TPSA) is 60.2 Å². The highest BCUT2D eigenvalue weighted by atomic mass is 35.5. The van der Waals surface area contributed by atoms with E-state index in [-0.39, 0.29) is 34.3 Å². The van der Waals surface area contributed by atoms with Crippen LogP contribution in [0, 0.1) is 35.9 Å². The van der Waals surface area contributed by atoms with E-state index in [4.69, 9.17) is 11.6 Å². The number of hydrogen-bond acceptors (Lipinski definition) is 4. The van der Waals surface area contributed by atoms with Crippen molar-refractivity contribution in [2.24, 2.45) is 11.8 Å². The summed E-state index contributed by atoms with van der Waals surface area (Å²) < 4.78 is 54.6. The van der Waals surface area contributed by atoms with Crippen molar-refractivity contribution in [3.63, 3.8) is 0 Å². The first-order chi connectivity index (χ1) is 15.5. The number of aryl methyl sites for hydroxylation is 1. The molecule has 0 spiro atoms. The van der Waals surface area contributed by atoms with Gasteiger partial charge in [0.05, 0.1) is 10.6 Å². The minimum atomic E-state index is -4.73. The average Bonchev–Trinajstić information content (AvgIpc) is 3.34. The Bertz CT molecular complexity index is 1150. The normalized spacial score (nSPS) is 22.2. The van der Waals surface area contributed by atoms with Crippen molar-refractivity contribution in [1.29, 1.82) is 5.26 Å². The first-order valence-electron chi connectivity index (χ1n) is 10.5. The lowest BCUT2D eigenvalue weighted by atomic mass is 9.93. The van der Waals surface area contributed by atoms with Crippen LogP contribution in [0.3, 0.4) is 0 Å². The molecule has 4 rings (SSSR count). The molecule has 3 atom stereocenters. The van der Waals surface area contributed by atoms with E-state index in [1.807, 2.05) is 0 Å². The van der Waals surface area contributed by atoms with E-state index in [0.29, 0.717) is 12.2 Å². The summed E-state index contributed by atoms with van der Waals surface area (Å²) in [7, 11) is 1.52. The predicted molar refractivity (Wildman–Crippen MR) is 115 cm³/mol. The summed E-state index contributed by atoms with van der Waals surface area (Å²) in [6, 6.07) is 5.61. The molecule has 1 aromatic heterocycles. The second-order valence-electron chi connectivity index (χ2n) is 8.57. The van der Waals surface area contributed by atoms with E-state index in [1.54, 1.807) is 11.0 Å². The smallest absolute Gasteiger partial charge is 0.343 e. The fourth-order valence-electron chi connectivity index (χ4n) is 5.06. The number of nitriles is 1. The van der Waals surface area contributed by atoms with Crippen LogP contribution in [-0.2, 0) is 11.0 Å². The number of benzene rings is 1. The maximum Gasteiger partial charge on any atom is 0.417 e. The molecule has 2 heterocycles. The van der Waals surface area contributed by atoms with Crippen molar-refractivity contribution in [2.45, 2.75) is 38.4 Å². The summed E-state index contributed by atoms with van der Waals surface area (Å²) >= 11 is 5.88. The molecular weight excluding hydrogens is 460 g/mol. The molecule has 5 nitrogen and oxygen atoms in total. The fourth-order valence-corrected chi connectivity index (χ4v) is 5.23. The summed E-state index contributed by atoms with van der Waals surface area (Å²) in [4.78, 5) is 20.8. The van der Waals surface area contributed by atoms with Gasteiger partial charge in [0, 0.05) is 25.0 Å². The van der Waals surface area contributed by atoms with Gasteiger partial charge in [-0.3, -0.25) is 4.79 Å². The number of hydrogen-bond donors (Lipinski definition) is 0. The molecule has 1 saturated heterocycles. The van der Waals surface area contributed by atoms with Crippen molar-refractivity contribution < 1.29 is 22.4 Å². The molecule has 2 fully saturated rings. The van der Waals surface area contributed by atoms with Crippen LogP contribution in [0.2, 0.25) is 5.02 Å². The number of pyridine rings is 1. The van der Waals surface area contributed by atoms with Gasteiger partial charge in [-0.25, -0.2) is 9.37 Å². The van der Waals surface area contributed by atoms with E-state index >= 15 is 0 Å². The van der Waals surface area contributed by atoms with Crippen LogP contribution in [0.5, 0.6) is 0 Å². The van der Waals surface area contributed by atoms with Crippen LogP contribution in [0.25, 0.3) is 0 Å². The summed E-state index contributed by atoms with van der Waals surface area (Å²) in [6.07, 6.45) is -2.23. The van der Waals surface area contributed by atoms with Gasteiger partial charge in [0.1, 0.15) is 29.3 Å². The van der Waals surface area contributed by atoms with Crippen molar-refractivity contribution in [2.75, 3.05) is 23.4 Å². The lowest BCUT2D eigenvalue weighted by molar-refractivity contribution is -0.137. The second-order valence-corrected chi connectivity index (χ2v) is 8.97. The number of halogens is 5. The van der Waals surface area contributed by atoms with Gasteiger partial charge in [-0.15, -0.1) is 0 Å². The Morgan fingerprint density at radius 2 is 2.03 bits per heavy atom. The SMILES string of the molecule is Cc1cc(C(F)(F)F)c(C#N)c(N2C[C@@H]3CCC[C@@H]3[C@H]2C(=O)N(C)c2ccc(F)c(Cl)c2)n1. The van der Waals surface area contributed by atoms with Crippen molar-refractivity contribution in [3.8, 4) is 6.07 Å². The van der Waals surface area contributed by atoms with E-state index in [1.165, 1.54) is 31.0 Å². The monoisotopic (exact) mass is 480 g/mol. The number of carbonyl (C=O) groups excluding carboxylic acids is 1. The van der Waals surface area contributed by atoms with Crippen LogP contribution < -0.4 is 9.80 Å². The maximum absolute atomic E-state index is 13.7. The number of likely N-dealkylation sites (N-methyl/N-ethyl adjacent to an activating group) is 1. The van der Waals surface area contributed by atoms with Gasteiger partial charge < -0.3 is 9.80 Å². The van der Waals surface area contributed by atoms with Crippen molar-refractivity contribution in [3.05, 3.63) is 51.9 Å². The number of aromatic nitrogens is 1. The summed E-state index contributed by atoms with van der Waals surface area (Å²) in [5.41, 5.74) is -1.17. The highest BCUT2D eigenvalue weighted by Crippen LogP contribution is 2.46. The van der Waals surface area contributed by atoms with Crippen molar-refractivity contribution in [1.82, 2.24) is 4.98 Å². The van der Waals surface area contributed by atoms with Gasteiger partial charge in [0.15, 0.2) is 0 Å². The highest BCUT2D eigenvalue weighted by molar-refractivity contribution is 6.31. The Hall–Kier alpha value is -2.86. The summed E-state index contributed by atoms with van der Waals surface area (Å²) in [5.74, 6) is -1.09. The molecule has 1 aromatic carbocycles. The van der Waals surface area contributed by atoms with E-state index in [9.17, 15) is 27.6 Å². The number of fused-ring (bicyclic) bond motifs is 1. The lowest BCUT2D eigenvalue weighted by Crippen LogP contribution is -2.48. The standard InChI is InChI=1S/C23H21ClF4N4O/c1-12-8-17(23(26,27)28)16(10-29)21(30-12)32-11-13-4-3-5-15(13)20(32)22(33)31(2)14-6-7-19(25)18(24)9-14/h6-9,13,15,20H,3-5,11H2,1-2H3/t13-,15-,20-/m0/s1. The predicted octanol–water partition coefficient (Wildman–Crippen LogP) is 5.34. The molecule has 0 unspecified atom stereocenters. The summed E-state index contributed by atoms with van der Waals surface area (Å²) in [5, 5.41) is 9.48. The first kappa shape index (κ1) is 23.3. The zero-order chi connectivity index (χ0) is 24.1. The molecule has 2 aromatic rings. The van der Waals surface area contributed by atoms with Crippen LogP contribution >= 0.6 is 11.6 Å². The number of carbonyl (C=O) groups is 1. The number of alkyl halides is 3. The quantitative estimate of drug-likeness (QED) is 0.556. The van der Waals surface area contributed by atoms with Crippen LogP contribution in [-0.4, -0.2) is 30.5 Å². The molecule has 1 aliphatic heterocycles. The Labute approximate surface area is 193 Å². The molecule has 1 saturated carbocycles. The Morgan fingerprint density at radius 1 is 1.30 bits per heavy atom. The van der Waals surface area contributed by atoms with Crippen LogP contribution in [0.1, 0.15) is 36.1 Å². The number of amides is 1. The van der Waals surface area contributed by atoms with Gasteiger partial charge in [0.25, 0.3) is 0 Å². The molecule has 10 heteroatoms. The second kappa shape index (κ2) is 8.49. The van der Waals surface area contributed by atoms with Gasteiger partial charge in [0.2, 0.25) is 5.91 Å². The molecular formula is C23H21ClF4N4O. The maximum atomic E-state index is 13.7.